The van der Waals surface area contributed by atoms with Gasteiger partial charge in [-0.2, -0.15) is 0 Å². The maximum Gasteiger partial charge on any atom is 0.264 e. The number of nitrogens with zero attached hydrogens (tertiary/aromatic N) is 1. The van der Waals surface area contributed by atoms with Crippen molar-refractivity contribution in [2.45, 2.75) is 18.6 Å². The van der Waals surface area contributed by atoms with E-state index in [1.807, 2.05) is 12.1 Å². The van der Waals surface area contributed by atoms with Crippen LogP contribution in [0.5, 0.6) is 11.5 Å². The van der Waals surface area contributed by atoms with Gasteiger partial charge in [0.15, 0.2) is 22.9 Å². The van der Waals surface area contributed by atoms with Crippen molar-refractivity contribution in [3.63, 3.8) is 0 Å². The first-order valence-electron chi connectivity index (χ1n) is 9.91. The van der Waals surface area contributed by atoms with Gasteiger partial charge in [0.25, 0.3) is 5.91 Å². The van der Waals surface area contributed by atoms with Crippen LogP contribution < -0.4 is 14.4 Å². The predicted octanol–water partition coefficient (Wildman–Crippen LogP) is 3.71. The first-order valence-corrected chi connectivity index (χ1v) is 9.91. The van der Waals surface area contributed by atoms with Crippen molar-refractivity contribution >= 4 is 17.4 Å². The molecule has 0 aromatic heterocycles. The third kappa shape index (κ3) is 3.66. The van der Waals surface area contributed by atoms with E-state index >= 15 is 0 Å². The van der Waals surface area contributed by atoms with E-state index in [4.69, 9.17) is 9.47 Å². The Morgan fingerprint density at radius 2 is 1.61 bits per heavy atom. The number of benzene rings is 3. The molecule has 0 aliphatic carbocycles. The van der Waals surface area contributed by atoms with Gasteiger partial charge in [-0.05, 0) is 23.8 Å². The number of amides is 1. The van der Waals surface area contributed by atoms with Crippen molar-refractivity contribution in [2.75, 3.05) is 19.1 Å². The number of rotatable bonds is 7. The zero-order chi connectivity index (χ0) is 22.0. The maximum atomic E-state index is 13.4. The summed E-state index contributed by atoms with van der Waals surface area (Å²) in [5.74, 6) is 0.325. The van der Waals surface area contributed by atoms with Crippen LogP contribution >= 0.6 is 0 Å². The summed E-state index contributed by atoms with van der Waals surface area (Å²) in [4.78, 5) is 27.7. The maximum absolute atomic E-state index is 13.4. The van der Waals surface area contributed by atoms with Gasteiger partial charge in [0.2, 0.25) is 0 Å². The van der Waals surface area contributed by atoms with Gasteiger partial charge < -0.3 is 19.5 Å². The molecule has 3 aromatic rings. The molecule has 158 valence electrons. The lowest BCUT2D eigenvalue weighted by atomic mass is 9.88. The van der Waals surface area contributed by atoms with Gasteiger partial charge in [-0.25, -0.2) is 0 Å². The van der Waals surface area contributed by atoms with E-state index in [-0.39, 0.29) is 18.7 Å². The minimum atomic E-state index is -1.92. The van der Waals surface area contributed by atoms with Crippen molar-refractivity contribution in [1.29, 1.82) is 0 Å². The Kier molecular flexibility index (Phi) is 5.48. The summed E-state index contributed by atoms with van der Waals surface area (Å²) in [6.07, 6.45) is -0.324. The molecule has 6 nitrogen and oxygen atoms in total. The smallest absolute Gasteiger partial charge is 0.264 e. The molecule has 1 amide bonds. The molecule has 1 unspecified atom stereocenters. The van der Waals surface area contributed by atoms with Crippen LogP contribution in [0.15, 0.2) is 72.8 Å². The fourth-order valence-corrected chi connectivity index (χ4v) is 3.95. The largest absolute Gasteiger partial charge is 0.493 e. The topological polar surface area (TPSA) is 76.1 Å². The van der Waals surface area contributed by atoms with E-state index in [0.717, 1.165) is 5.56 Å². The monoisotopic (exact) mass is 417 g/mol. The lowest BCUT2D eigenvalue weighted by Gasteiger charge is -2.23. The van der Waals surface area contributed by atoms with E-state index in [2.05, 4.69) is 0 Å². The SMILES string of the molecule is COc1ccc(CN2C(=O)C(O)(CC(=O)c3ccccc3)c3ccccc32)cc1OC. The van der Waals surface area contributed by atoms with Crippen LogP contribution in [0.3, 0.4) is 0 Å². The Morgan fingerprint density at radius 3 is 2.32 bits per heavy atom. The van der Waals surface area contributed by atoms with Gasteiger partial charge in [0.1, 0.15) is 0 Å². The number of hydrogen-bond acceptors (Lipinski definition) is 5. The first kappa shape index (κ1) is 20.6. The fourth-order valence-electron chi connectivity index (χ4n) is 3.95. The number of para-hydroxylation sites is 1. The number of fused-ring (bicyclic) bond motifs is 1. The molecular weight excluding hydrogens is 394 g/mol. The summed E-state index contributed by atoms with van der Waals surface area (Å²) in [6.45, 7) is 0.220. The molecule has 1 aliphatic rings. The van der Waals surface area contributed by atoms with Crippen LogP contribution in [-0.4, -0.2) is 31.0 Å². The molecule has 0 bridgehead atoms. The quantitative estimate of drug-likeness (QED) is 0.593. The molecule has 0 saturated carbocycles. The summed E-state index contributed by atoms with van der Waals surface area (Å²) < 4.78 is 10.6. The zero-order valence-corrected chi connectivity index (χ0v) is 17.4. The Hall–Kier alpha value is -3.64. The number of hydrogen-bond donors (Lipinski definition) is 1. The Labute approximate surface area is 180 Å². The second-order valence-corrected chi connectivity index (χ2v) is 7.42. The van der Waals surface area contributed by atoms with E-state index in [9.17, 15) is 14.7 Å². The van der Waals surface area contributed by atoms with Gasteiger partial charge in [-0.15, -0.1) is 0 Å². The third-order valence-corrected chi connectivity index (χ3v) is 5.54. The molecule has 31 heavy (non-hydrogen) atoms. The fraction of sp³-hybridized carbons (Fsp3) is 0.200. The van der Waals surface area contributed by atoms with Crippen LogP contribution in [0.1, 0.15) is 27.9 Å². The van der Waals surface area contributed by atoms with Gasteiger partial charge in [-0.1, -0.05) is 54.6 Å². The normalized spacial score (nSPS) is 17.4. The molecule has 4 rings (SSSR count). The standard InChI is InChI=1S/C25H23NO5/c1-30-22-13-12-17(14-23(22)31-2)16-26-20-11-7-6-10-19(20)25(29,24(26)28)15-21(27)18-8-4-3-5-9-18/h3-14,29H,15-16H2,1-2H3. The predicted molar refractivity (Wildman–Crippen MR) is 116 cm³/mol. The molecule has 1 aliphatic heterocycles. The molecule has 0 radical (unpaired) electrons. The molecular formula is C25H23NO5. The summed E-state index contributed by atoms with van der Waals surface area (Å²) in [6, 6.07) is 21.1. The van der Waals surface area contributed by atoms with Crippen LogP contribution in [-0.2, 0) is 16.9 Å². The minimum absolute atomic E-state index is 0.220. The van der Waals surface area contributed by atoms with Gasteiger partial charge in [0, 0.05) is 11.1 Å². The first-order chi connectivity index (χ1) is 15.0. The highest BCUT2D eigenvalue weighted by molar-refractivity contribution is 6.10. The van der Waals surface area contributed by atoms with E-state index in [0.29, 0.717) is 28.3 Å². The number of Topliss-reactive ketones (excluding diaryl/α,β-unsaturated/α-hetero) is 1. The molecule has 3 aromatic carbocycles. The van der Waals surface area contributed by atoms with Gasteiger partial charge in [0.05, 0.1) is 32.9 Å². The highest BCUT2D eigenvalue weighted by Crippen LogP contribution is 2.43. The second kappa shape index (κ2) is 8.24. The zero-order valence-electron chi connectivity index (χ0n) is 17.4. The van der Waals surface area contributed by atoms with Crippen LogP contribution in [0.4, 0.5) is 5.69 Å². The number of carbonyl (C=O) groups is 2. The van der Waals surface area contributed by atoms with E-state index in [1.54, 1.807) is 74.9 Å². The van der Waals surface area contributed by atoms with Crippen LogP contribution in [0.25, 0.3) is 0 Å². The van der Waals surface area contributed by atoms with Crippen molar-refractivity contribution in [2.24, 2.45) is 0 Å². The highest BCUT2D eigenvalue weighted by atomic mass is 16.5. The second-order valence-electron chi connectivity index (χ2n) is 7.42. The number of methoxy groups -OCH3 is 2. The lowest BCUT2D eigenvalue weighted by molar-refractivity contribution is -0.136. The summed E-state index contributed by atoms with van der Waals surface area (Å²) in [5.41, 5.74) is 0.370. The van der Waals surface area contributed by atoms with Gasteiger partial charge in [-0.3, -0.25) is 9.59 Å². The van der Waals surface area contributed by atoms with Crippen molar-refractivity contribution < 1.29 is 24.2 Å². The van der Waals surface area contributed by atoms with Crippen molar-refractivity contribution in [3.05, 3.63) is 89.5 Å². The van der Waals surface area contributed by atoms with E-state index in [1.165, 1.54) is 4.90 Å². The average Bonchev–Trinajstić information content (AvgIpc) is 3.01. The molecule has 0 spiro atoms. The summed E-state index contributed by atoms with van der Waals surface area (Å²) in [7, 11) is 3.10. The van der Waals surface area contributed by atoms with Gasteiger partial charge >= 0.3 is 0 Å². The highest BCUT2D eigenvalue weighted by Gasteiger charge is 2.50. The summed E-state index contributed by atoms with van der Waals surface area (Å²) >= 11 is 0. The minimum Gasteiger partial charge on any atom is -0.493 e. The number of aliphatic hydroxyl groups is 1. The van der Waals surface area contributed by atoms with Crippen molar-refractivity contribution in [3.8, 4) is 11.5 Å². The van der Waals surface area contributed by atoms with Crippen LogP contribution in [0.2, 0.25) is 0 Å². The number of carbonyl (C=O) groups excluding carboxylic acids is 2. The third-order valence-electron chi connectivity index (χ3n) is 5.54. The molecule has 1 heterocycles. The Bertz CT molecular complexity index is 1130. The Balaban J connectivity index is 1.67. The number of ether oxygens (including phenoxy) is 2. The molecule has 0 fully saturated rings. The molecule has 1 atom stereocenters. The Morgan fingerprint density at radius 1 is 0.935 bits per heavy atom. The number of anilines is 1. The van der Waals surface area contributed by atoms with Crippen LogP contribution in [0, 0.1) is 0 Å². The average molecular weight is 417 g/mol. The number of ketones is 1. The van der Waals surface area contributed by atoms with Crippen molar-refractivity contribution in [1.82, 2.24) is 0 Å². The molecule has 0 saturated heterocycles. The molecule has 1 N–H and O–H groups in total. The summed E-state index contributed by atoms with van der Waals surface area (Å²) in [5, 5.41) is 11.4. The van der Waals surface area contributed by atoms with E-state index < -0.39 is 11.5 Å². The molecule has 6 heteroatoms. The lowest BCUT2D eigenvalue weighted by Crippen LogP contribution is -2.41.